The van der Waals surface area contributed by atoms with E-state index in [-0.39, 0.29) is 5.91 Å². The van der Waals surface area contributed by atoms with Crippen molar-refractivity contribution < 1.29 is 14.4 Å². The largest absolute Gasteiger partial charge is 0.497 e. The molecule has 3 rings (SSSR count). The first-order valence-corrected chi connectivity index (χ1v) is 10.2. The van der Waals surface area contributed by atoms with Crippen LogP contribution >= 0.6 is 0 Å². The Labute approximate surface area is 174 Å². The molecular weight excluding hydrogens is 364 g/mol. The number of nitrogens with zero attached hydrogens (tertiary/aromatic N) is 3. The number of nitrogens with one attached hydrogen (secondary N) is 1. The SMILES string of the molecule is COc1ccc(N2CC[NH+](CC(=O)N(C)Cc3ccc(N(C)C)cc3)CC2)cc1. The van der Waals surface area contributed by atoms with Gasteiger partial charge in [-0.3, -0.25) is 4.79 Å². The molecule has 0 aromatic heterocycles. The Kier molecular flexibility index (Phi) is 6.99. The summed E-state index contributed by atoms with van der Waals surface area (Å²) >= 11 is 0. The fraction of sp³-hybridized carbons (Fsp3) is 0.435. The van der Waals surface area contributed by atoms with Gasteiger partial charge in [-0.2, -0.15) is 0 Å². The molecule has 2 aromatic carbocycles. The molecule has 156 valence electrons. The van der Waals surface area contributed by atoms with Crippen LogP contribution in [0.25, 0.3) is 0 Å². The van der Waals surface area contributed by atoms with Crippen molar-refractivity contribution in [1.29, 1.82) is 0 Å². The van der Waals surface area contributed by atoms with Gasteiger partial charge < -0.3 is 24.3 Å². The van der Waals surface area contributed by atoms with Gasteiger partial charge in [0.15, 0.2) is 6.54 Å². The predicted molar refractivity (Wildman–Crippen MR) is 118 cm³/mol. The maximum atomic E-state index is 12.7. The molecule has 0 spiro atoms. The Balaban J connectivity index is 1.46. The minimum absolute atomic E-state index is 0.203. The molecule has 29 heavy (non-hydrogen) atoms. The van der Waals surface area contributed by atoms with Crippen molar-refractivity contribution in [3.63, 3.8) is 0 Å². The number of methoxy groups -OCH3 is 1. The van der Waals surface area contributed by atoms with E-state index in [0.717, 1.165) is 37.5 Å². The van der Waals surface area contributed by atoms with Gasteiger partial charge in [-0.1, -0.05) is 12.1 Å². The average Bonchev–Trinajstić information content (AvgIpc) is 2.74. The number of amides is 1. The zero-order valence-corrected chi connectivity index (χ0v) is 18.0. The molecule has 6 heteroatoms. The number of hydrogen-bond donors (Lipinski definition) is 1. The number of quaternary nitrogens is 1. The monoisotopic (exact) mass is 397 g/mol. The second-order valence-electron chi connectivity index (χ2n) is 7.92. The third kappa shape index (κ3) is 5.64. The van der Waals surface area contributed by atoms with E-state index in [1.165, 1.54) is 16.3 Å². The summed E-state index contributed by atoms with van der Waals surface area (Å²) in [5.74, 6) is 1.08. The zero-order valence-electron chi connectivity index (χ0n) is 18.0. The second-order valence-corrected chi connectivity index (χ2v) is 7.92. The van der Waals surface area contributed by atoms with Crippen LogP contribution in [0.15, 0.2) is 48.5 Å². The van der Waals surface area contributed by atoms with Crippen LogP contribution in [-0.2, 0) is 11.3 Å². The van der Waals surface area contributed by atoms with E-state index in [1.807, 2.05) is 38.2 Å². The van der Waals surface area contributed by atoms with Crippen molar-refractivity contribution in [3.05, 3.63) is 54.1 Å². The molecule has 0 atom stereocenters. The third-order valence-corrected chi connectivity index (χ3v) is 5.61. The lowest BCUT2D eigenvalue weighted by Gasteiger charge is -2.34. The number of anilines is 2. The highest BCUT2D eigenvalue weighted by Gasteiger charge is 2.24. The molecule has 0 aliphatic carbocycles. The van der Waals surface area contributed by atoms with Gasteiger partial charge in [0.2, 0.25) is 0 Å². The lowest BCUT2D eigenvalue weighted by molar-refractivity contribution is -0.892. The molecule has 0 unspecified atom stereocenters. The van der Waals surface area contributed by atoms with E-state index >= 15 is 0 Å². The van der Waals surface area contributed by atoms with Crippen molar-refractivity contribution in [3.8, 4) is 5.75 Å². The van der Waals surface area contributed by atoms with Crippen LogP contribution < -0.4 is 19.4 Å². The Morgan fingerprint density at radius 2 is 1.62 bits per heavy atom. The quantitative estimate of drug-likeness (QED) is 0.760. The smallest absolute Gasteiger partial charge is 0.277 e. The first-order valence-electron chi connectivity index (χ1n) is 10.2. The summed E-state index contributed by atoms with van der Waals surface area (Å²) in [6.45, 7) is 5.09. The van der Waals surface area contributed by atoms with Crippen molar-refractivity contribution in [2.45, 2.75) is 6.54 Å². The summed E-state index contributed by atoms with van der Waals surface area (Å²) in [6, 6.07) is 16.6. The van der Waals surface area contributed by atoms with E-state index in [2.05, 4.69) is 46.2 Å². The molecule has 2 aromatic rings. The van der Waals surface area contributed by atoms with Crippen molar-refractivity contribution >= 4 is 17.3 Å². The van der Waals surface area contributed by atoms with Crippen LogP contribution in [0.2, 0.25) is 0 Å². The van der Waals surface area contributed by atoms with Gasteiger partial charge in [-0.25, -0.2) is 0 Å². The van der Waals surface area contributed by atoms with Gasteiger partial charge in [0.05, 0.1) is 33.3 Å². The molecule has 0 bridgehead atoms. The van der Waals surface area contributed by atoms with Crippen LogP contribution in [0.5, 0.6) is 5.75 Å². The third-order valence-electron chi connectivity index (χ3n) is 5.61. The van der Waals surface area contributed by atoms with Crippen LogP contribution in [0, 0.1) is 0 Å². The lowest BCUT2D eigenvalue weighted by atomic mass is 10.2. The predicted octanol–water partition coefficient (Wildman–Crippen LogP) is 1.12. The molecular formula is C23H33N4O2+. The molecule has 0 saturated carbocycles. The maximum absolute atomic E-state index is 12.7. The zero-order chi connectivity index (χ0) is 20.8. The topological polar surface area (TPSA) is 40.5 Å². The van der Waals surface area contributed by atoms with Crippen LogP contribution in [0.1, 0.15) is 5.56 Å². The molecule has 6 nitrogen and oxygen atoms in total. The molecule has 1 aliphatic rings. The molecule has 1 N–H and O–H groups in total. The first-order chi connectivity index (χ1) is 14.0. The summed E-state index contributed by atoms with van der Waals surface area (Å²) in [5, 5.41) is 0. The molecule has 0 radical (unpaired) electrons. The summed E-state index contributed by atoms with van der Waals surface area (Å²) < 4.78 is 5.23. The summed E-state index contributed by atoms with van der Waals surface area (Å²) in [6.07, 6.45) is 0. The van der Waals surface area contributed by atoms with Gasteiger partial charge in [0.25, 0.3) is 5.91 Å². The van der Waals surface area contributed by atoms with Crippen molar-refractivity contribution in [2.24, 2.45) is 0 Å². The number of ether oxygens (including phenoxy) is 1. The standard InChI is InChI=1S/C23H32N4O2/c1-24(2)20-7-5-19(6-8-20)17-25(3)23(28)18-26-13-15-27(16-14-26)21-9-11-22(29-4)12-10-21/h5-12H,13-18H2,1-4H3/p+1. The molecule has 1 heterocycles. The molecule has 1 aliphatic heterocycles. The summed E-state index contributed by atoms with van der Waals surface area (Å²) in [5.41, 5.74) is 3.54. The molecule has 1 fully saturated rings. The van der Waals surface area contributed by atoms with E-state index in [1.54, 1.807) is 7.11 Å². The van der Waals surface area contributed by atoms with Gasteiger partial charge in [-0.05, 0) is 42.0 Å². The Morgan fingerprint density at radius 3 is 2.17 bits per heavy atom. The second kappa shape index (κ2) is 9.65. The average molecular weight is 398 g/mol. The maximum Gasteiger partial charge on any atom is 0.277 e. The number of carbonyl (C=O) groups excluding carboxylic acids is 1. The highest BCUT2D eigenvalue weighted by molar-refractivity contribution is 5.76. The van der Waals surface area contributed by atoms with Crippen LogP contribution in [0.4, 0.5) is 11.4 Å². The van der Waals surface area contributed by atoms with Crippen molar-refractivity contribution in [2.75, 3.05) is 70.8 Å². The Morgan fingerprint density at radius 1 is 1.00 bits per heavy atom. The first kappa shape index (κ1) is 21.0. The number of rotatable bonds is 7. The Bertz CT molecular complexity index is 782. The van der Waals surface area contributed by atoms with E-state index in [4.69, 9.17) is 4.74 Å². The van der Waals surface area contributed by atoms with Gasteiger partial charge in [-0.15, -0.1) is 0 Å². The summed E-state index contributed by atoms with van der Waals surface area (Å²) in [7, 11) is 7.64. The van der Waals surface area contributed by atoms with Gasteiger partial charge >= 0.3 is 0 Å². The number of likely N-dealkylation sites (N-methyl/N-ethyl adjacent to an activating group) is 1. The van der Waals surface area contributed by atoms with Crippen LogP contribution in [-0.4, -0.2) is 71.8 Å². The molecule has 1 saturated heterocycles. The lowest BCUT2D eigenvalue weighted by Crippen LogP contribution is -3.15. The number of hydrogen-bond acceptors (Lipinski definition) is 4. The summed E-state index contributed by atoms with van der Waals surface area (Å²) in [4.78, 5) is 20.3. The fourth-order valence-electron chi connectivity index (χ4n) is 3.66. The normalized spacial score (nSPS) is 14.6. The minimum atomic E-state index is 0.203. The van der Waals surface area contributed by atoms with Crippen molar-refractivity contribution in [1.82, 2.24) is 4.90 Å². The number of benzene rings is 2. The minimum Gasteiger partial charge on any atom is -0.497 e. The van der Waals surface area contributed by atoms with E-state index < -0.39 is 0 Å². The van der Waals surface area contributed by atoms with Gasteiger partial charge in [0, 0.05) is 39.1 Å². The fourth-order valence-corrected chi connectivity index (χ4v) is 3.66. The number of carbonyl (C=O) groups is 1. The highest BCUT2D eigenvalue weighted by atomic mass is 16.5. The van der Waals surface area contributed by atoms with E-state index in [0.29, 0.717) is 13.1 Å². The Hall–Kier alpha value is -2.73. The highest BCUT2D eigenvalue weighted by Crippen LogP contribution is 2.19. The van der Waals surface area contributed by atoms with Crippen LogP contribution in [0.3, 0.4) is 0 Å². The molecule has 1 amide bonds. The number of piperazine rings is 1. The van der Waals surface area contributed by atoms with E-state index in [9.17, 15) is 4.79 Å². The van der Waals surface area contributed by atoms with Gasteiger partial charge in [0.1, 0.15) is 5.75 Å².